The van der Waals surface area contributed by atoms with Gasteiger partial charge in [-0.3, -0.25) is 0 Å². The molecule has 0 saturated carbocycles. The van der Waals surface area contributed by atoms with Gasteiger partial charge in [0.1, 0.15) is 12.7 Å². The van der Waals surface area contributed by atoms with E-state index in [0.717, 1.165) is 5.56 Å². The standard InChI is InChI=1S/C18H27NO5/c1-5-23-18(21)9-7-14-6-8-16(17(10-14)22-4)24-12-15(20)11-19-13(2)3/h6-10,13,15,19-20H,5,11-12H2,1-4H3. The fourth-order valence-corrected chi connectivity index (χ4v) is 1.88. The number of nitrogens with one attached hydrogen (secondary N) is 1. The molecule has 1 unspecified atom stereocenters. The summed E-state index contributed by atoms with van der Waals surface area (Å²) in [6.45, 7) is 6.74. The zero-order valence-electron chi connectivity index (χ0n) is 14.7. The third-order valence-corrected chi connectivity index (χ3v) is 3.08. The number of carbonyl (C=O) groups is 1. The van der Waals surface area contributed by atoms with E-state index in [1.165, 1.54) is 13.2 Å². The van der Waals surface area contributed by atoms with Crippen LogP contribution >= 0.6 is 0 Å². The monoisotopic (exact) mass is 337 g/mol. The molecule has 0 saturated heterocycles. The van der Waals surface area contributed by atoms with E-state index < -0.39 is 12.1 Å². The molecule has 0 bridgehead atoms. The predicted molar refractivity (Wildman–Crippen MR) is 93.3 cm³/mol. The molecule has 0 radical (unpaired) electrons. The summed E-state index contributed by atoms with van der Waals surface area (Å²) in [5.41, 5.74) is 0.786. The van der Waals surface area contributed by atoms with Crippen molar-refractivity contribution in [1.82, 2.24) is 5.32 Å². The highest BCUT2D eigenvalue weighted by Gasteiger charge is 2.09. The van der Waals surface area contributed by atoms with Crippen LogP contribution in [0.2, 0.25) is 0 Å². The zero-order valence-corrected chi connectivity index (χ0v) is 14.7. The molecule has 0 aliphatic rings. The number of hydrogen-bond donors (Lipinski definition) is 2. The molecule has 2 N–H and O–H groups in total. The van der Waals surface area contributed by atoms with Crippen LogP contribution in [0.15, 0.2) is 24.3 Å². The molecule has 6 nitrogen and oxygen atoms in total. The van der Waals surface area contributed by atoms with Crippen molar-refractivity contribution in [2.24, 2.45) is 0 Å². The van der Waals surface area contributed by atoms with Gasteiger partial charge in [-0.05, 0) is 30.7 Å². The summed E-state index contributed by atoms with van der Waals surface area (Å²) >= 11 is 0. The first-order chi connectivity index (χ1) is 11.5. The first-order valence-corrected chi connectivity index (χ1v) is 8.03. The lowest BCUT2D eigenvalue weighted by Crippen LogP contribution is -2.35. The Kier molecular flexibility index (Phi) is 8.89. The molecule has 1 aromatic rings. The van der Waals surface area contributed by atoms with Gasteiger partial charge in [-0.2, -0.15) is 0 Å². The summed E-state index contributed by atoms with van der Waals surface area (Å²) < 4.78 is 15.7. The Bertz CT molecular complexity index is 542. The van der Waals surface area contributed by atoms with Crippen LogP contribution in [0.25, 0.3) is 6.08 Å². The van der Waals surface area contributed by atoms with Crippen molar-refractivity contribution in [1.29, 1.82) is 0 Å². The van der Waals surface area contributed by atoms with Crippen LogP contribution in [0.1, 0.15) is 26.3 Å². The number of carbonyl (C=O) groups excluding carboxylic acids is 1. The first-order valence-electron chi connectivity index (χ1n) is 8.03. The van der Waals surface area contributed by atoms with Crippen molar-refractivity contribution in [3.05, 3.63) is 29.8 Å². The smallest absolute Gasteiger partial charge is 0.330 e. The fraction of sp³-hybridized carbons (Fsp3) is 0.500. The van der Waals surface area contributed by atoms with Gasteiger partial charge in [0.25, 0.3) is 0 Å². The zero-order chi connectivity index (χ0) is 17.9. The minimum absolute atomic E-state index is 0.161. The summed E-state index contributed by atoms with van der Waals surface area (Å²) in [6.07, 6.45) is 2.40. The number of esters is 1. The number of hydrogen-bond acceptors (Lipinski definition) is 6. The Morgan fingerprint density at radius 1 is 1.33 bits per heavy atom. The Labute approximate surface area is 143 Å². The van der Waals surface area contributed by atoms with E-state index in [2.05, 4.69) is 5.32 Å². The quantitative estimate of drug-likeness (QED) is 0.502. The van der Waals surface area contributed by atoms with Crippen LogP contribution in [0.4, 0.5) is 0 Å². The molecule has 0 aliphatic heterocycles. The number of methoxy groups -OCH3 is 1. The van der Waals surface area contributed by atoms with Crippen molar-refractivity contribution >= 4 is 12.0 Å². The van der Waals surface area contributed by atoms with Crippen LogP contribution in [0.3, 0.4) is 0 Å². The minimum atomic E-state index is -0.611. The van der Waals surface area contributed by atoms with Gasteiger partial charge in [0, 0.05) is 18.7 Å². The van der Waals surface area contributed by atoms with E-state index in [-0.39, 0.29) is 6.61 Å². The summed E-state index contributed by atoms with van der Waals surface area (Å²) in [7, 11) is 1.54. The normalized spacial score (nSPS) is 12.4. The number of benzene rings is 1. The number of rotatable bonds is 10. The molecule has 0 amide bonds. The maximum atomic E-state index is 11.3. The summed E-state index contributed by atoms with van der Waals surface area (Å²) in [5.74, 6) is 0.678. The molecule has 6 heteroatoms. The van der Waals surface area contributed by atoms with Crippen molar-refractivity contribution < 1.29 is 24.1 Å². The molecule has 0 heterocycles. The van der Waals surface area contributed by atoms with Crippen molar-refractivity contribution in [3.63, 3.8) is 0 Å². The van der Waals surface area contributed by atoms with Crippen molar-refractivity contribution in [2.45, 2.75) is 32.9 Å². The molecular weight excluding hydrogens is 310 g/mol. The van der Waals surface area contributed by atoms with E-state index in [4.69, 9.17) is 14.2 Å². The highest BCUT2D eigenvalue weighted by Crippen LogP contribution is 2.28. The van der Waals surface area contributed by atoms with Crippen LogP contribution in [-0.2, 0) is 9.53 Å². The average Bonchev–Trinajstić information content (AvgIpc) is 2.56. The number of ether oxygens (including phenoxy) is 3. The van der Waals surface area contributed by atoms with E-state index in [1.807, 2.05) is 13.8 Å². The van der Waals surface area contributed by atoms with Crippen LogP contribution < -0.4 is 14.8 Å². The lowest BCUT2D eigenvalue weighted by molar-refractivity contribution is -0.137. The third-order valence-electron chi connectivity index (χ3n) is 3.08. The molecule has 24 heavy (non-hydrogen) atoms. The molecule has 1 aromatic carbocycles. The summed E-state index contributed by atoms with van der Waals surface area (Å²) in [6, 6.07) is 5.60. The summed E-state index contributed by atoms with van der Waals surface area (Å²) in [5, 5.41) is 13.0. The summed E-state index contributed by atoms with van der Waals surface area (Å²) in [4.78, 5) is 11.3. The largest absolute Gasteiger partial charge is 0.493 e. The highest BCUT2D eigenvalue weighted by molar-refractivity contribution is 5.87. The maximum absolute atomic E-state index is 11.3. The Morgan fingerprint density at radius 3 is 2.71 bits per heavy atom. The number of aliphatic hydroxyl groups is 1. The Morgan fingerprint density at radius 2 is 2.08 bits per heavy atom. The van der Waals surface area contributed by atoms with Gasteiger partial charge in [-0.25, -0.2) is 4.79 Å². The molecule has 1 rings (SSSR count). The van der Waals surface area contributed by atoms with Gasteiger partial charge in [-0.1, -0.05) is 19.9 Å². The van der Waals surface area contributed by atoms with Gasteiger partial charge in [0.15, 0.2) is 11.5 Å². The molecular formula is C18H27NO5. The number of aliphatic hydroxyl groups excluding tert-OH is 1. The fourth-order valence-electron chi connectivity index (χ4n) is 1.88. The van der Waals surface area contributed by atoms with Crippen molar-refractivity contribution in [2.75, 3.05) is 26.9 Å². The molecule has 1 atom stereocenters. The molecule has 0 fully saturated rings. The lowest BCUT2D eigenvalue weighted by Gasteiger charge is -2.16. The molecule has 0 aromatic heterocycles. The second-order valence-corrected chi connectivity index (χ2v) is 5.52. The second-order valence-electron chi connectivity index (χ2n) is 5.52. The van der Waals surface area contributed by atoms with E-state index >= 15 is 0 Å². The second kappa shape index (κ2) is 10.7. The Hall–Kier alpha value is -2.05. The van der Waals surface area contributed by atoms with Gasteiger partial charge in [-0.15, -0.1) is 0 Å². The van der Waals surface area contributed by atoms with E-state index in [0.29, 0.717) is 30.7 Å². The topological polar surface area (TPSA) is 77.0 Å². The van der Waals surface area contributed by atoms with Gasteiger partial charge < -0.3 is 24.6 Å². The minimum Gasteiger partial charge on any atom is -0.493 e. The van der Waals surface area contributed by atoms with Crippen molar-refractivity contribution in [3.8, 4) is 11.5 Å². The van der Waals surface area contributed by atoms with Crippen LogP contribution in [0.5, 0.6) is 11.5 Å². The molecule has 0 aliphatic carbocycles. The maximum Gasteiger partial charge on any atom is 0.330 e. The molecule has 134 valence electrons. The van der Waals surface area contributed by atoms with Gasteiger partial charge in [0.2, 0.25) is 0 Å². The average molecular weight is 337 g/mol. The van der Waals surface area contributed by atoms with Crippen LogP contribution in [-0.4, -0.2) is 50.1 Å². The third kappa shape index (κ3) is 7.48. The van der Waals surface area contributed by atoms with Gasteiger partial charge in [0.05, 0.1) is 13.7 Å². The Balaban J connectivity index is 2.64. The highest BCUT2D eigenvalue weighted by atomic mass is 16.5. The van der Waals surface area contributed by atoms with E-state index in [9.17, 15) is 9.90 Å². The first kappa shape index (κ1) is 20.0. The predicted octanol–water partition coefficient (Wildman–Crippen LogP) is 2.01. The van der Waals surface area contributed by atoms with Crippen LogP contribution in [0, 0.1) is 0 Å². The molecule has 0 spiro atoms. The van der Waals surface area contributed by atoms with E-state index in [1.54, 1.807) is 31.2 Å². The van der Waals surface area contributed by atoms with Gasteiger partial charge >= 0.3 is 5.97 Å². The lowest BCUT2D eigenvalue weighted by atomic mass is 10.2. The SMILES string of the molecule is CCOC(=O)C=Cc1ccc(OCC(O)CNC(C)C)c(OC)c1.